The molecule has 0 radical (unpaired) electrons. The van der Waals surface area contributed by atoms with Gasteiger partial charge in [-0.2, -0.15) is 0 Å². The van der Waals surface area contributed by atoms with Gasteiger partial charge in [0.05, 0.1) is 23.7 Å². The van der Waals surface area contributed by atoms with Gasteiger partial charge in [-0.05, 0) is 31.0 Å². The van der Waals surface area contributed by atoms with E-state index in [9.17, 15) is 13.2 Å². The third-order valence-electron chi connectivity index (χ3n) is 2.75. The number of ether oxygens (including phenoxy) is 1. The highest BCUT2D eigenvalue weighted by Gasteiger charge is 2.17. The Morgan fingerprint density at radius 3 is 2.76 bits per heavy atom. The molecule has 7 heteroatoms. The van der Waals surface area contributed by atoms with Gasteiger partial charge >= 0.3 is 5.97 Å². The summed E-state index contributed by atoms with van der Waals surface area (Å²) < 4.78 is 31.6. The monoisotopic (exact) mass is 313 g/mol. The van der Waals surface area contributed by atoms with Crippen molar-refractivity contribution in [3.05, 3.63) is 42.0 Å². The van der Waals surface area contributed by atoms with Crippen molar-refractivity contribution in [2.75, 3.05) is 19.8 Å². The lowest BCUT2D eigenvalue weighted by atomic mass is 10.1. The average Bonchev–Trinajstić information content (AvgIpc) is 2.42. The lowest BCUT2D eigenvalue weighted by Crippen LogP contribution is -2.27. The van der Waals surface area contributed by atoms with Crippen molar-refractivity contribution in [1.82, 2.24) is 4.72 Å². The number of benzene rings is 1. The van der Waals surface area contributed by atoms with Gasteiger partial charge in [0.2, 0.25) is 10.0 Å². The van der Waals surface area contributed by atoms with Gasteiger partial charge in [0.15, 0.2) is 0 Å². The van der Waals surface area contributed by atoms with Crippen LogP contribution in [-0.2, 0) is 14.8 Å². The molecule has 0 spiro atoms. The first kappa shape index (κ1) is 17.4. The van der Waals surface area contributed by atoms with Gasteiger partial charge in [-0.3, -0.25) is 0 Å². The largest absolute Gasteiger partial charge is 0.478 e. The molecule has 0 unspecified atom stereocenters. The van der Waals surface area contributed by atoms with E-state index in [-0.39, 0.29) is 23.6 Å². The van der Waals surface area contributed by atoms with Gasteiger partial charge in [0, 0.05) is 6.54 Å². The lowest BCUT2D eigenvalue weighted by molar-refractivity contribution is 0.0696. The minimum absolute atomic E-state index is 0.0277. The molecule has 0 saturated heterocycles. The molecule has 0 aromatic heterocycles. The summed E-state index contributed by atoms with van der Waals surface area (Å²) in [5, 5.41) is 9.01. The summed E-state index contributed by atoms with van der Waals surface area (Å²) in [6.07, 6.45) is 2.41. The average molecular weight is 313 g/mol. The number of rotatable bonds is 9. The third kappa shape index (κ3) is 5.30. The predicted octanol–water partition coefficient (Wildman–Crippen LogP) is 1.56. The number of hydrogen-bond acceptors (Lipinski definition) is 4. The summed E-state index contributed by atoms with van der Waals surface area (Å²) >= 11 is 0. The van der Waals surface area contributed by atoms with Crippen molar-refractivity contribution < 1.29 is 23.1 Å². The highest BCUT2D eigenvalue weighted by molar-refractivity contribution is 7.89. The Balaban J connectivity index is 2.68. The maximum Gasteiger partial charge on any atom is 0.335 e. The Kier molecular flexibility index (Phi) is 6.54. The first-order chi connectivity index (χ1) is 9.88. The summed E-state index contributed by atoms with van der Waals surface area (Å²) in [5.74, 6) is -1.16. The second-order valence-corrected chi connectivity index (χ2v) is 6.14. The summed E-state index contributed by atoms with van der Waals surface area (Å²) in [4.78, 5) is 10.9. The van der Waals surface area contributed by atoms with Crippen molar-refractivity contribution in [2.24, 2.45) is 0 Å². The van der Waals surface area contributed by atoms with E-state index in [2.05, 4.69) is 11.3 Å². The van der Waals surface area contributed by atoms with E-state index in [0.717, 1.165) is 6.07 Å². The molecule has 0 aliphatic carbocycles. The van der Waals surface area contributed by atoms with E-state index in [4.69, 9.17) is 9.84 Å². The fraction of sp³-hybridized carbons (Fsp3) is 0.357. The fourth-order valence-electron chi connectivity index (χ4n) is 1.60. The van der Waals surface area contributed by atoms with E-state index in [1.54, 1.807) is 13.0 Å². The molecule has 0 bridgehead atoms. The molecule has 0 saturated carbocycles. The molecule has 1 aromatic carbocycles. The van der Waals surface area contributed by atoms with Gasteiger partial charge in [-0.15, -0.1) is 6.58 Å². The highest BCUT2D eigenvalue weighted by Crippen LogP contribution is 2.15. The molecule has 2 N–H and O–H groups in total. The Labute approximate surface area is 124 Å². The van der Waals surface area contributed by atoms with Gasteiger partial charge in [-0.1, -0.05) is 12.1 Å². The maximum atomic E-state index is 12.0. The van der Waals surface area contributed by atoms with Crippen LogP contribution in [0.5, 0.6) is 0 Å². The quantitative estimate of drug-likeness (QED) is 0.533. The van der Waals surface area contributed by atoms with Crippen LogP contribution in [-0.4, -0.2) is 39.3 Å². The predicted molar refractivity (Wildman–Crippen MR) is 79.0 cm³/mol. The molecular formula is C14H19NO5S. The maximum absolute atomic E-state index is 12.0. The normalized spacial score (nSPS) is 11.3. The van der Waals surface area contributed by atoms with Crippen LogP contribution >= 0.6 is 0 Å². The number of carbonyl (C=O) groups is 1. The number of nitrogens with one attached hydrogen (secondary N) is 1. The molecule has 6 nitrogen and oxygen atoms in total. The van der Waals surface area contributed by atoms with E-state index in [1.807, 2.05) is 0 Å². The minimum atomic E-state index is -3.74. The van der Waals surface area contributed by atoms with Crippen molar-refractivity contribution in [3.63, 3.8) is 0 Å². The zero-order valence-electron chi connectivity index (χ0n) is 11.8. The van der Waals surface area contributed by atoms with Crippen LogP contribution in [0.3, 0.4) is 0 Å². The highest BCUT2D eigenvalue weighted by atomic mass is 32.2. The molecule has 0 fully saturated rings. The fourth-order valence-corrected chi connectivity index (χ4v) is 2.64. The smallest absolute Gasteiger partial charge is 0.335 e. The van der Waals surface area contributed by atoms with Crippen LogP contribution in [0.1, 0.15) is 22.3 Å². The van der Waals surface area contributed by atoms with Crippen LogP contribution < -0.4 is 4.72 Å². The summed E-state index contributed by atoms with van der Waals surface area (Å²) in [6.45, 7) is 6.01. The molecule has 0 aliphatic rings. The first-order valence-electron chi connectivity index (χ1n) is 6.40. The standard InChI is InChI=1S/C14H19NO5S/c1-3-4-8-20-9-7-15-21(18,19)12-6-5-11(2)13(10-12)14(16)17/h3,5-6,10,15H,1,4,7-9H2,2H3,(H,16,17). The zero-order valence-corrected chi connectivity index (χ0v) is 12.6. The van der Waals surface area contributed by atoms with Crippen LogP contribution in [0, 0.1) is 6.92 Å². The van der Waals surface area contributed by atoms with Crippen LogP contribution in [0.4, 0.5) is 0 Å². The topological polar surface area (TPSA) is 92.7 Å². The first-order valence-corrected chi connectivity index (χ1v) is 7.89. The molecule has 1 rings (SSSR count). The van der Waals surface area contributed by atoms with Crippen molar-refractivity contribution in [3.8, 4) is 0 Å². The van der Waals surface area contributed by atoms with Crippen LogP contribution in [0.2, 0.25) is 0 Å². The van der Waals surface area contributed by atoms with Gasteiger partial charge in [0.1, 0.15) is 0 Å². The van der Waals surface area contributed by atoms with Crippen molar-refractivity contribution in [2.45, 2.75) is 18.2 Å². The number of aryl methyl sites for hydroxylation is 1. The zero-order chi connectivity index (χ0) is 15.9. The Morgan fingerprint density at radius 1 is 1.43 bits per heavy atom. The molecule has 0 atom stereocenters. The molecule has 0 aliphatic heterocycles. The second kappa shape index (κ2) is 7.92. The van der Waals surface area contributed by atoms with E-state index < -0.39 is 16.0 Å². The summed E-state index contributed by atoms with van der Waals surface area (Å²) in [5.41, 5.74) is 0.481. The number of carboxylic acid groups (broad SMARTS) is 1. The number of sulfonamides is 1. The molecule has 116 valence electrons. The molecule has 1 aromatic rings. The summed E-state index contributed by atoms with van der Waals surface area (Å²) in [7, 11) is -3.74. The Hall–Kier alpha value is -1.70. The van der Waals surface area contributed by atoms with Crippen molar-refractivity contribution >= 4 is 16.0 Å². The molecule has 0 amide bonds. The third-order valence-corrected chi connectivity index (χ3v) is 4.21. The molecule has 0 heterocycles. The van der Waals surface area contributed by atoms with Gasteiger partial charge < -0.3 is 9.84 Å². The Bertz CT molecular complexity index is 610. The van der Waals surface area contributed by atoms with E-state index >= 15 is 0 Å². The molecule has 21 heavy (non-hydrogen) atoms. The lowest BCUT2D eigenvalue weighted by Gasteiger charge is -2.09. The number of carboxylic acids is 1. The second-order valence-electron chi connectivity index (χ2n) is 4.37. The number of aromatic carboxylic acids is 1. The van der Waals surface area contributed by atoms with Crippen LogP contribution in [0.15, 0.2) is 35.7 Å². The van der Waals surface area contributed by atoms with E-state index in [1.165, 1.54) is 12.1 Å². The van der Waals surface area contributed by atoms with Gasteiger partial charge in [-0.25, -0.2) is 17.9 Å². The van der Waals surface area contributed by atoms with Crippen molar-refractivity contribution in [1.29, 1.82) is 0 Å². The molecular weight excluding hydrogens is 294 g/mol. The van der Waals surface area contributed by atoms with Gasteiger partial charge in [0.25, 0.3) is 0 Å². The number of hydrogen-bond donors (Lipinski definition) is 2. The SMILES string of the molecule is C=CCCOCCNS(=O)(=O)c1ccc(C)c(C(=O)O)c1. The minimum Gasteiger partial charge on any atom is -0.478 e. The Morgan fingerprint density at radius 2 is 2.14 bits per heavy atom. The van der Waals surface area contributed by atoms with Crippen LogP contribution in [0.25, 0.3) is 0 Å². The van der Waals surface area contributed by atoms with E-state index in [0.29, 0.717) is 18.6 Å². The summed E-state index contributed by atoms with van der Waals surface area (Å²) in [6, 6.07) is 4.00.